The van der Waals surface area contributed by atoms with Gasteiger partial charge in [-0.25, -0.2) is 0 Å². The summed E-state index contributed by atoms with van der Waals surface area (Å²) >= 11 is 0. The van der Waals surface area contributed by atoms with Crippen LogP contribution in [-0.4, -0.2) is 15.9 Å². The zero-order valence-corrected chi connectivity index (χ0v) is 9.55. The van der Waals surface area contributed by atoms with Crippen LogP contribution >= 0.6 is 0 Å². The van der Waals surface area contributed by atoms with E-state index in [1.165, 1.54) is 0 Å². The molecule has 0 radical (unpaired) electrons. The Bertz CT molecular complexity index is 730. The van der Waals surface area contributed by atoms with Crippen LogP contribution in [0, 0.1) is 0 Å². The third-order valence-corrected chi connectivity index (χ3v) is 2.93. The molecule has 18 heavy (non-hydrogen) atoms. The molecule has 0 saturated carbocycles. The number of nitrogens with one attached hydrogen (secondary N) is 1. The van der Waals surface area contributed by atoms with E-state index in [0.717, 1.165) is 22.2 Å². The first-order chi connectivity index (χ1) is 8.77. The maximum atomic E-state index is 11.5. The van der Waals surface area contributed by atoms with Gasteiger partial charge in [-0.15, -0.1) is 0 Å². The number of carbonyl (C=O) groups is 1. The highest BCUT2D eigenvalue weighted by atomic mass is 16.1. The predicted molar refractivity (Wildman–Crippen MR) is 70.0 cm³/mol. The van der Waals surface area contributed by atoms with E-state index in [2.05, 4.69) is 9.97 Å². The smallest absolute Gasteiger partial charge is 0.249 e. The van der Waals surface area contributed by atoms with Crippen LogP contribution in [0.15, 0.2) is 48.8 Å². The van der Waals surface area contributed by atoms with Crippen LogP contribution in [-0.2, 0) is 0 Å². The molecule has 0 aliphatic heterocycles. The van der Waals surface area contributed by atoms with Crippen LogP contribution in [0.25, 0.3) is 22.2 Å². The van der Waals surface area contributed by atoms with E-state index in [9.17, 15) is 4.79 Å². The first-order valence-electron chi connectivity index (χ1n) is 5.58. The van der Waals surface area contributed by atoms with Gasteiger partial charge in [0, 0.05) is 34.4 Å². The van der Waals surface area contributed by atoms with E-state index in [0.29, 0.717) is 5.56 Å². The lowest BCUT2D eigenvalue weighted by Gasteiger charge is -2.06. The van der Waals surface area contributed by atoms with Crippen molar-refractivity contribution in [3.8, 4) is 11.3 Å². The third-order valence-electron chi connectivity index (χ3n) is 2.93. The summed E-state index contributed by atoms with van der Waals surface area (Å²) in [6.45, 7) is 0. The molecule has 2 heterocycles. The van der Waals surface area contributed by atoms with Crippen molar-refractivity contribution in [2.45, 2.75) is 0 Å². The number of pyridine rings is 1. The number of amides is 1. The molecule has 1 amide bonds. The number of rotatable bonds is 2. The lowest BCUT2D eigenvalue weighted by molar-refractivity contribution is 0.100. The number of nitrogens with zero attached hydrogens (tertiary/aromatic N) is 1. The highest BCUT2D eigenvalue weighted by molar-refractivity contribution is 6.03. The van der Waals surface area contributed by atoms with Gasteiger partial charge >= 0.3 is 0 Å². The molecule has 0 atom stereocenters. The van der Waals surface area contributed by atoms with E-state index in [4.69, 9.17) is 5.73 Å². The Balaban J connectivity index is 2.33. The second-order valence-corrected chi connectivity index (χ2v) is 4.01. The Kier molecular flexibility index (Phi) is 2.34. The summed E-state index contributed by atoms with van der Waals surface area (Å²) in [4.78, 5) is 18.9. The Hall–Kier alpha value is -2.62. The maximum absolute atomic E-state index is 11.5. The number of primary amides is 1. The van der Waals surface area contributed by atoms with Gasteiger partial charge < -0.3 is 10.7 Å². The summed E-state index contributed by atoms with van der Waals surface area (Å²) in [6.07, 6.45) is 3.56. The fourth-order valence-electron chi connectivity index (χ4n) is 2.10. The number of benzene rings is 1. The number of carbonyl (C=O) groups excluding carboxylic acids is 1. The monoisotopic (exact) mass is 237 g/mol. The van der Waals surface area contributed by atoms with Crippen molar-refractivity contribution in [3.63, 3.8) is 0 Å². The largest absolute Gasteiger partial charge is 0.366 e. The highest BCUT2D eigenvalue weighted by Gasteiger charge is 2.12. The van der Waals surface area contributed by atoms with E-state index >= 15 is 0 Å². The SMILES string of the molecule is NC(=O)c1ccccc1-c1nccc2[nH]ccc12. The van der Waals surface area contributed by atoms with Crippen molar-refractivity contribution >= 4 is 16.8 Å². The van der Waals surface area contributed by atoms with Crippen LogP contribution in [0.2, 0.25) is 0 Å². The molecular weight excluding hydrogens is 226 g/mol. The van der Waals surface area contributed by atoms with Crippen molar-refractivity contribution in [2.75, 3.05) is 0 Å². The number of nitrogens with two attached hydrogens (primary N) is 1. The summed E-state index contributed by atoms with van der Waals surface area (Å²) in [5.41, 5.74) is 8.39. The quantitative estimate of drug-likeness (QED) is 0.718. The Morgan fingerprint density at radius 1 is 1.17 bits per heavy atom. The standard InChI is InChI=1S/C14H11N3O/c15-14(18)10-4-2-1-3-9(10)13-11-5-7-16-12(11)6-8-17-13/h1-8,16H,(H2,15,18). The average Bonchev–Trinajstić information content (AvgIpc) is 2.86. The summed E-state index contributed by atoms with van der Waals surface area (Å²) in [7, 11) is 0. The Morgan fingerprint density at radius 2 is 2.00 bits per heavy atom. The summed E-state index contributed by atoms with van der Waals surface area (Å²) < 4.78 is 0. The number of aromatic amines is 1. The van der Waals surface area contributed by atoms with Crippen molar-refractivity contribution < 1.29 is 4.79 Å². The topological polar surface area (TPSA) is 71.8 Å². The summed E-state index contributed by atoms with van der Waals surface area (Å²) in [5, 5.41) is 0.978. The molecule has 0 bridgehead atoms. The number of H-pyrrole nitrogens is 1. The van der Waals surface area contributed by atoms with E-state index in [-0.39, 0.29) is 0 Å². The van der Waals surface area contributed by atoms with Crippen molar-refractivity contribution in [2.24, 2.45) is 5.73 Å². The van der Waals surface area contributed by atoms with Crippen LogP contribution in [0.3, 0.4) is 0 Å². The molecule has 2 aromatic heterocycles. The van der Waals surface area contributed by atoms with E-state index in [1.807, 2.05) is 30.5 Å². The molecule has 0 aliphatic rings. The molecule has 3 N–H and O–H groups in total. The minimum absolute atomic E-state index is 0.445. The van der Waals surface area contributed by atoms with Crippen LogP contribution in [0.1, 0.15) is 10.4 Å². The molecule has 4 nitrogen and oxygen atoms in total. The summed E-state index contributed by atoms with van der Waals surface area (Å²) in [6, 6.07) is 11.1. The lowest BCUT2D eigenvalue weighted by Crippen LogP contribution is -2.12. The number of hydrogen-bond acceptors (Lipinski definition) is 2. The molecule has 1 aromatic carbocycles. The van der Waals surface area contributed by atoms with Gasteiger partial charge in [0.2, 0.25) is 5.91 Å². The predicted octanol–water partition coefficient (Wildman–Crippen LogP) is 2.33. The first-order valence-corrected chi connectivity index (χ1v) is 5.58. The van der Waals surface area contributed by atoms with Gasteiger partial charge in [0.1, 0.15) is 0 Å². The van der Waals surface area contributed by atoms with Gasteiger partial charge in [-0.2, -0.15) is 0 Å². The normalized spacial score (nSPS) is 10.7. The van der Waals surface area contributed by atoms with Gasteiger partial charge in [0.15, 0.2) is 0 Å². The molecule has 3 rings (SSSR count). The van der Waals surface area contributed by atoms with Crippen LogP contribution in [0.5, 0.6) is 0 Å². The Morgan fingerprint density at radius 3 is 2.83 bits per heavy atom. The van der Waals surface area contributed by atoms with Crippen molar-refractivity contribution in [1.29, 1.82) is 0 Å². The minimum atomic E-state index is -0.445. The van der Waals surface area contributed by atoms with Gasteiger partial charge in [-0.1, -0.05) is 18.2 Å². The van der Waals surface area contributed by atoms with Crippen LogP contribution in [0.4, 0.5) is 0 Å². The van der Waals surface area contributed by atoms with Crippen LogP contribution < -0.4 is 5.73 Å². The Labute approximate surface area is 103 Å². The van der Waals surface area contributed by atoms with Gasteiger partial charge in [-0.05, 0) is 18.2 Å². The summed E-state index contributed by atoms with van der Waals surface area (Å²) in [5.74, 6) is -0.445. The highest BCUT2D eigenvalue weighted by Crippen LogP contribution is 2.28. The molecule has 0 fully saturated rings. The molecule has 0 spiro atoms. The van der Waals surface area contributed by atoms with Crippen molar-refractivity contribution in [3.05, 3.63) is 54.4 Å². The number of aromatic nitrogens is 2. The molecular formula is C14H11N3O. The first kappa shape index (κ1) is 10.5. The lowest BCUT2D eigenvalue weighted by atomic mass is 10.0. The van der Waals surface area contributed by atoms with Gasteiger partial charge in [0.05, 0.1) is 5.69 Å². The fraction of sp³-hybridized carbons (Fsp3) is 0. The van der Waals surface area contributed by atoms with Crippen molar-refractivity contribution in [1.82, 2.24) is 9.97 Å². The fourth-order valence-corrected chi connectivity index (χ4v) is 2.10. The maximum Gasteiger partial charge on any atom is 0.249 e. The second kappa shape index (κ2) is 4.00. The minimum Gasteiger partial charge on any atom is -0.366 e. The molecule has 88 valence electrons. The zero-order valence-electron chi connectivity index (χ0n) is 9.55. The van der Waals surface area contributed by atoms with E-state index < -0.39 is 5.91 Å². The number of fused-ring (bicyclic) bond motifs is 1. The molecule has 4 heteroatoms. The molecule has 3 aromatic rings. The molecule has 0 saturated heterocycles. The molecule has 0 aliphatic carbocycles. The second-order valence-electron chi connectivity index (χ2n) is 4.01. The third kappa shape index (κ3) is 1.55. The van der Waals surface area contributed by atoms with Gasteiger partial charge in [-0.3, -0.25) is 9.78 Å². The van der Waals surface area contributed by atoms with E-state index in [1.54, 1.807) is 18.3 Å². The average molecular weight is 237 g/mol. The molecule has 0 unspecified atom stereocenters. The zero-order chi connectivity index (χ0) is 12.5. The number of hydrogen-bond donors (Lipinski definition) is 2. The van der Waals surface area contributed by atoms with Gasteiger partial charge in [0.25, 0.3) is 0 Å².